The summed E-state index contributed by atoms with van der Waals surface area (Å²) in [5.41, 5.74) is 7.81. The number of nitrogens with one attached hydrogen (secondary N) is 1. The van der Waals surface area contributed by atoms with Crippen molar-refractivity contribution < 1.29 is 0 Å². The second-order valence-corrected chi connectivity index (χ2v) is 4.25. The van der Waals surface area contributed by atoms with Crippen molar-refractivity contribution in [3.05, 3.63) is 46.9 Å². The minimum absolute atomic E-state index is 0.154. The normalized spacial score (nSPS) is 11.2. The van der Waals surface area contributed by atoms with Crippen molar-refractivity contribution in [2.75, 3.05) is 5.73 Å². The van der Waals surface area contributed by atoms with Crippen molar-refractivity contribution in [3.8, 4) is 0 Å². The number of benzene rings is 1. The fourth-order valence-corrected chi connectivity index (χ4v) is 2.02. The van der Waals surface area contributed by atoms with Crippen LogP contribution >= 0.6 is 0 Å². The third-order valence-corrected chi connectivity index (χ3v) is 3.02. The number of imidazole rings is 2. The van der Waals surface area contributed by atoms with Gasteiger partial charge in [0.05, 0.1) is 17.6 Å². The summed E-state index contributed by atoms with van der Waals surface area (Å²) >= 11 is 0. The number of nitrogens with zero attached hydrogens (tertiary/aromatic N) is 3. The van der Waals surface area contributed by atoms with E-state index >= 15 is 0 Å². The average molecular weight is 243 g/mol. The molecule has 0 amide bonds. The summed E-state index contributed by atoms with van der Waals surface area (Å²) in [5, 5.41) is 0. The molecule has 0 aliphatic heterocycles. The topological polar surface area (TPSA) is 81.6 Å². The highest BCUT2D eigenvalue weighted by Crippen LogP contribution is 2.14. The van der Waals surface area contributed by atoms with Crippen LogP contribution in [0.15, 0.2) is 35.4 Å². The first-order valence-corrected chi connectivity index (χ1v) is 5.59. The van der Waals surface area contributed by atoms with E-state index in [9.17, 15) is 4.79 Å². The van der Waals surface area contributed by atoms with Gasteiger partial charge < -0.3 is 15.3 Å². The molecule has 0 aliphatic rings. The maximum Gasteiger partial charge on any atom is 0.326 e. The van der Waals surface area contributed by atoms with Gasteiger partial charge in [-0.15, -0.1) is 0 Å². The van der Waals surface area contributed by atoms with Crippen molar-refractivity contribution in [1.82, 2.24) is 19.1 Å². The number of fused-ring (bicyclic) bond motifs is 1. The van der Waals surface area contributed by atoms with Crippen LogP contribution in [0.4, 0.5) is 5.69 Å². The summed E-state index contributed by atoms with van der Waals surface area (Å²) in [5.74, 6) is 0.820. The van der Waals surface area contributed by atoms with Gasteiger partial charge in [0.15, 0.2) is 0 Å². The van der Waals surface area contributed by atoms with Crippen LogP contribution in [0, 0.1) is 0 Å². The highest BCUT2D eigenvalue weighted by atomic mass is 16.1. The number of rotatable bonds is 2. The van der Waals surface area contributed by atoms with E-state index in [0.717, 1.165) is 16.9 Å². The Bertz CT molecular complexity index is 764. The van der Waals surface area contributed by atoms with Gasteiger partial charge in [0.2, 0.25) is 0 Å². The molecule has 2 heterocycles. The van der Waals surface area contributed by atoms with Gasteiger partial charge in [0, 0.05) is 25.1 Å². The molecule has 0 aliphatic carbocycles. The van der Waals surface area contributed by atoms with Gasteiger partial charge in [-0.2, -0.15) is 0 Å². The van der Waals surface area contributed by atoms with Crippen LogP contribution in [0.25, 0.3) is 11.0 Å². The molecule has 0 radical (unpaired) electrons. The number of hydrogen-bond acceptors (Lipinski definition) is 3. The first-order chi connectivity index (χ1) is 8.65. The molecule has 0 fully saturated rings. The predicted molar refractivity (Wildman–Crippen MR) is 69.3 cm³/mol. The number of aromatic amines is 1. The summed E-state index contributed by atoms with van der Waals surface area (Å²) in [6.45, 7) is 0.422. The fourth-order valence-electron chi connectivity index (χ4n) is 2.02. The van der Waals surface area contributed by atoms with Crippen molar-refractivity contribution in [1.29, 1.82) is 0 Å². The molecule has 6 heteroatoms. The smallest absolute Gasteiger partial charge is 0.326 e. The van der Waals surface area contributed by atoms with E-state index in [0.29, 0.717) is 12.2 Å². The van der Waals surface area contributed by atoms with E-state index in [4.69, 9.17) is 5.73 Å². The fraction of sp³-hybridized carbons (Fsp3) is 0.167. The molecule has 3 rings (SSSR count). The number of aromatic nitrogens is 4. The second-order valence-electron chi connectivity index (χ2n) is 4.25. The van der Waals surface area contributed by atoms with E-state index in [1.54, 1.807) is 29.0 Å². The van der Waals surface area contributed by atoms with Gasteiger partial charge in [-0.3, -0.25) is 4.57 Å². The lowest BCUT2D eigenvalue weighted by Crippen LogP contribution is -2.19. The first-order valence-electron chi connectivity index (χ1n) is 5.59. The number of nitrogens with two attached hydrogens (primary N) is 1. The van der Waals surface area contributed by atoms with Crippen molar-refractivity contribution in [2.24, 2.45) is 7.05 Å². The van der Waals surface area contributed by atoms with Crippen molar-refractivity contribution in [2.45, 2.75) is 6.54 Å². The molecule has 0 saturated carbocycles. The molecule has 1 aromatic carbocycles. The third kappa shape index (κ3) is 1.58. The Balaban J connectivity index is 2.17. The summed E-state index contributed by atoms with van der Waals surface area (Å²) < 4.78 is 3.52. The monoisotopic (exact) mass is 243 g/mol. The summed E-state index contributed by atoms with van der Waals surface area (Å²) in [4.78, 5) is 18.9. The molecule has 18 heavy (non-hydrogen) atoms. The maximum absolute atomic E-state index is 11.9. The van der Waals surface area contributed by atoms with Crippen LogP contribution in [0.3, 0.4) is 0 Å². The molecule has 92 valence electrons. The molecule has 3 aromatic rings. The lowest BCUT2D eigenvalue weighted by molar-refractivity contribution is 0.695. The van der Waals surface area contributed by atoms with E-state index in [-0.39, 0.29) is 5.69 Å². The maximum atomic E-state index is 11.9. The van der Waals surface area contributed by atoms with Gasteiger partial charge in [0.1, 0.15) is 5.82 Å². The highest BCUT2D eigenvalue weighted by molar-refractivity contribution is 5.78. The number of anilines is 1. The zero-order valence-electron chi connectivity index (χ0n) is 9.92. The summed E-state index contributed by atoms with van der Waals surface area (Å²) in [7, 11) is 1.90. The Morgan fingerprint density at radius 3 is 3.00 bits per heavy atom. The summed E-state index contributed by atoms with van der Waals surface area (Å²) in [6, 6.07) is 5.36. The SMILES string of the molecule is Cn1ccnc1Cn1c(=O)[nH]c2ccc(N)cc21. The number of nitrogen functional groups attached to an aromatic ring is 1. The lowest BCUT2D eigenvalue weighted by atomic mass is 10.3. The average Bonchev–Trinajstić information content (AvgIpc) is 2.86. The van der Waals surface area contributed by atoms with Gasteiger partial charge in [-0.1, -0.05) is 0 Å². The second kappa shape index (κ2) is 3.76. The van der Waals surface area contributed by atoms with Crippen LogP contribution in [-0.2, 0) is 13.6 Å². The van der Waals surface area contributed by atoms with Gasteiger partial charge >= 0.3 is 5.69 Å². The molecular formula is C12H13N5O. The van der Waals surface area contributed by atoms with E-state index < -0.39 is 0 Å². The Morgan fingerprint density at radius 1 is 1.44 bits per heavy atom. The van der Waals surface area contributed by atoms with Crippen LogP contribution in [0.5, 0.6) is 0 Å². The van der Waals surface area contributed by atoms with Gasteiger partial charge in [0.25, 0.3) is 0 Å². The molecular weight excluding hydrogens is 230 g/mol. The standard InChI is InChI=1S/C12H13N5O/c1-16-5-4-14-11(16)7-17-10-6-8(13)2-3-9(10)15-12(17)18/h2-6H,7,13H2,1H3,(H,15,18). The van der Waals surface area contributed by atoms with E-state index in [2.05, 4.69) is 9.97 Å². The van der Waals surface area contributed by atoms with Crippen LogP contribution in [-0.4, -0.2) is 19.1 Å². The zero-order valence-corrected chi connectivity index (χ0v) is 9.92. The summed E-state index contributed by atoms with van der Waals surface area (Å²) in [6.07, 6.45) is 3.56. The molecule has 6 nitrogen and oxygen atoms in total. The Kier molecular flexibility index (Phi) is 2.22. The number of aryl methyl sites for hydroxylation is 1. The third-order valence-electron chi connectivity index (χ3n) is 3.02. The van der Waals surface area contributed by atoms with Crippen LogP contribution in [0.1, 0.15) is 5.82 Å². The van der Waals surface area contributed by atoms with Gasteiger partial charge in [-0.05, 0) is 18.2 Å². The quantitative estimate of drug-likeness (QED) is 0.650. The van der Waals surface area contributed by atoms with Gasteiger partial charge in [-0.25, -0.2) is 9.78 Å². The van der Waals surface area contributed by atoms with E-state index in [1.807, 2.05) is 17.8 Å². The molecule has 0 spiro atoms. The number of hydrogen-bond donors (Lipinski definition) is 2. The Hall–Kier alpha value is -2.50. The van der Waals surface area contributed by atoms with Crippen molar-refractivity contribution >= 4 is 16.7 Å². The predicted octanol–water partition coefficient (Wildman–Crippen LogP) is 0.694. The van der Waals surface area contributed by atoms with Crippen LogP contribution < -0.4 is 11.4 Å². The van der Waals surface area contributed by atoms with Crippen molar-refractivity contribution in [3.63, 3.8) is 0 Å². The highest BCUT2D eigenvalue weighted by Gasteiger charge is 2.09. The largest absolute Gasteiger partial charge is 0.399 e. The zero-order chi connectivity index (χ0) is 12.7. The Morgan fingerprint density at radius 2 is 2.28 bits per heavy atom. The molecule has 0 atom stereocenters. The lowest BCUT2D eigenvalue weighted by Gasteiger charge is -2.04. The van der Waals surface area contributed by atoms with E-state index in [1.165, 1.54) is 0 Å². The Labute approximate surface area is 103 Å². The number of H-pyrrole nitrogens is 1. The molecule has 0 bridgehead atoms. The van der Waals surface area contributed by atoms with Crippen LogP contribution in [0.2, 0.25) is 0 Å². The molecule has 0 unspecified atom stereocenters. The molecule has 3 N–H and O–H groups in total. The molecule has 2 aromatic heterocycles. The first kappa shape index (κ1) is 10.6. The minimum Gasteiger partial charge on any atom is -0.399 e. The molecule has 0 saturated heterocycles. The minimum atomic E-state index is -0.154.